The van der Waals surface area contributed by atoms with Gasteiger partial charge in [0.2, 0.25) is 0 Å². The molecule has 18 heavy (non-hydrogen) atoms. The van der Waals surface area contributed by atoms with Crippen molar-refractivity contribution in [2.75, 3.05) is 20.6 Å². The third kappa shape index (κ3) is 4.26. The SMILES string of the molecule is CNC(C)(C#N)CCCN(C)C1CCCCC1C. The Morgan fingerprint density at radius 2 is 2.06 bits per heavy atom. The monoisotopic (exact) mass is 251 g/mol. The highest BCUT2D eigenvalue weighted by Crippen LogP contribution is 2.27. The number of nitriles is 1. The highest BCUT2D eigenvalue weighted by molar-refractivity contribution is 5.02. The number of nitrogens with zero attached hydrogens (tertiary/aromatic N) is 2. The number of hydrogen-bond acceptors (Lipinski definition) is 3. The Bertz CT molecular complexity index is 284. The van der Waals surface area contributed by atoms with Crippen LogP contribution in [0.4, 0.5) is 0 Å². The minimum absolute atomic E-state index is 0.362. The fourth-order valence-corrected chi connectivity index (χ4v) is 3.04. The molecule has 0 radical (unpaired) electrons. The molecule has 0 aromatic carbocycles. The fraction of sp³-hybridized carbons (Fsp3) is 0.933. The summed E-state index contributed by atoms with van der Waals surface area (Å²) in [5.74, 6) is 0.829. The van der Waals surface area contributed by atoms with Crippen LogP contribution in [0.15, 0.2) is 0 Å². The zero-order valence-electron chi connectivity index (χ0n) is 12.5. The summed E-state index contributed by atoms with van der Waals surface area (Å²) in [7, 11) is 4.12. The molecule has 0 aromatic heterocycles. The minimum Gasteiger partial charge on any atom is -0.303 e. The van der Waals surface area contributed by atoms with E-state index in [1.54, 1.807) is 0 Å². The standard InChI is InChI=1S/C15H29N3/c1-13-8-5-6-9-14(13)18(4)11-7-10-15(2,12-16)17-3/h13-14,17H,5-11H2,1-4H3. The van der Waals surface area contributed by atoms with Gasteiger partial charge in [-0.1, -0.05) is 19.8 Å². The molecule has 0 bridgehead atoms. The molecule has 1 aliphatic carbocycles. The molecule has 0 amide bonds. The molecule has 1 fully saturated rings. The average Bonchev–Trinajstić information content (AvgIpc) is 2.39. The average molecular weight is 251 g/mol. The molecule has 3 unspecified atom stereocenters. The molecule has 3 atom stereocenters. The normalized spacial score (nSPS) is 27.8. The summed E-state index contributed by atoms with van der Waals surface area (Å²) in [6, 6.07) is 3.11. The lowest BCUT2D eigenvalue weighted by molar-refractivity contribution is 0.135. The first kappa shape index (κ1) is 15.5. The van der Waals surface area contributed by atoms with Crippen LogP contribution in [0.2, 0.25) is 0 Å². The topological polar surface area (TPSA) is 39.1 Å². The van der Waals surface area contributed by atoms with Gasteiger partial charge in [-0.05, 0) is 59.2 Å². The summed E-state index contributed by atoms with van der Waals surface area (Å²) in [6.07, 6.45) is 7.51. The van der Waals surface area contributed by atoms with Crippen molar-refractivity contribution in [1.82, 2.24) is 10.2 Å². The van der Waals surface area contributed by atoms with Crippen molar-refractivity contribution in [3.63, 3.8) is 0 Å². The molecular weight excluding hydrogens is 222 g/mol. The summed E-state index contributed by atoms with van der Waals surface area (Å²) >= 11 is 0. The van der Waals surface area contributed by atoms with Crippen LogP contribution in [0.5, 0.6) is 0 Å². The van der Waals surface area contributed by atoms with Crippen LogP contribution in [0, 0.1) is 17.2 Å². The van der Waals surface area contributed by atoms with Crippen molar-refractivity contribution in [1.29, 1.82) is 5.26 Å². The van der Waals surface area contributed by atoms with E-state index in [2.05, 4.69) is 30.3 Å². The van der Waals surface area contributed by atoms with Crippen LogP contribution in [-0.4, -0.2) is 37.1 Å². The van der Waals surface area contributed by atoms with E-state index in [0.29, 0.717) is 0 Å². The summed E-state index contributed by atoms with van der Waals surface area (Å²) in [5, 5.41) is 12.2. The van der Waals surface area contributed by atoms with Crippen molar-refractivity contribution >= 4 is 0 Å². The third-order valence-corrected chi connectivity index (χ3v) is 4.62. The molecule has 0 heterocycles. The van der Waals surface area contributed by atoms with Gasteiger partial charge in [0.1, 0.15) is 5.54 Å². The van der Waals surface area contributed by atoms with Gasteiger partial charge in [0, 0.05) is 6.04 Å². The quantitative estimate of drug-likeness (QED) is 0.789. The van der Waals surface area contributed by atoms with E-state index in [1.165, 1.54) is 25.7 Å². The first-order valence-electron chi connectivity index (χ1n) is 7.33. The van der Waals surface area contributed by atoms with Gasteiger partial charge in [-0.2, -0.15) is 5.26 Å². The summed E-state index contributed by atoms with van der Waals surface area (Å²) in [4.78, 5) is 2.51. The van der Waals surface area contributed by atoms with E-state index in [9.17, 15) is 0 Å². The van der Waals surface area contributed by atoms with Crippen LogP contribution in [0.25, 0.3) is 0 Å². The van der Waals surface area contributed by atoms with E-state index < -0.39 is 0 Å². The second-order valence-corrected chi connectivity index (χ2v) is 6.11. The molecule has 1 aliphatic rings. The number of rotatable bonds is 6. The molecule has 3 heteroatoms. The predicted octanol–water partition coefficient (Wildman–Crippen LogP) is 2.78. The van der Waals surface area contributed by atoms with Crippen LogP contribution in [0.3, 0.4) is 0 Å². The molecule has 3 nitrogen and oxygen atoms in total. The molecule has 1 saturated carbocycles. The van der Waals surface area contributed by atoms with Gasteiger partial charge in [0.25, 0.3) is 0 Å². The van der Waals surface area contributed by atoms with Gasteiger partial charge in [0.15, 0.2) is 0 Å². The summed E-state index contributed by atoms with van der Waals surface area (Å²) < 4.78 is 0. The van der Waals surface area contributed by atoms with E-state index in [4.69, 9.17) is 5.26 Å². The van der Waals surface area contributed by atoms with Crippen molar-refractivity contribution < 1.29 is 0 Å². The van der Waals surface area contributed by atoms with Gasteiger partial charge in [-0.15, -0.1) is 0 Å². The molecule has 104 valence electrons. The van der Waals surface area contributed by atoms with Gasteiger partial charge in [0.05, 0.1) is 6.07 Å². The first-order valence-corrected chi connectivity index (χ1v) is 7.33. The van der Waals surface area contributed by atoms with Gasteiger partial charge in [-0.3, -0.25) is 0 Å². The molecular formula is C15H29N3. The smallest absolute Gasteiger partial charge is 0.103 e. The lowest BCUT2D eigenvalue weighted by Gasteiger charge is -2.36. The molecule has 0 saturated heterocycles. The Morgan fingerprint density at radius 3 is 2.61 bits per heavy atom. The van der Waals surface area contributed by atoms with Crippen LogP contribution in [-0.2, 0) is 0 Å². The number of hydrogen-bond donors (Lipinski definition) is 1. The number of nitrogens with one attached hydrogen (secondary N) is 1. The zero-order valence-corrected chi connectivity index (χ0v) is 12.5. The summed E-state index contributed by atoms with van der Waals surface area (Å²) in [5.41, 5.74) is -0.362. The second kappa shape index (κ2) is 7.11. The maximum absolute atomic E-state index is 9.12. The Labute approximate surface area is 113 Å². The van der Waals surface area contributed by atoms with Crippen LogP contribution in [0.1, 0.15) is 52.4 Å². The minimum atomic E-state index is -0.362. The molecule has 1 N–H and O–H groups in total. The highest BCUT2D eigenvalue weighted by atomic mass is 15.1. The highest BCUT2D eigenvalue weighted by Gasteiger charge is 2.25. The second-order valence-electron chi connectivity index (χ2n) is 6.11. The van der Waals surface area contributed by atoms with Gasteiger partial charge >= 0.3 is 0 Å². The van der Waals surface area contributed by atoms with Crippen LogP contribution >= 0.6 is 0 Å². The van der Waals surface area contributed by atoms with Crippen molar-refractivity contribution in [3.05, 3.63) is 0 Å². The molecule has 0 aliphatic heterocycles. The third-order valence-electron chi connectivity index (χ3n) is 4.62. The lowest BCUT2D eigenvalue weighted by Crippen LogP contribution is -2.41. The van der Waals surface area contributed by atoms with Crippen molar-refractivity contribution in [3.8, 4) is 6.07 Å². The van der Waals surface area contributed by atoms with E-state index in [-0.39, 0.29) is 5.54 Å². The lowest BCUT2D eigenvalue weighted by atomic mass is 9.85. The fourth-order valence-electron chi connectivity index (χ4n) is 3.04. The largest absolute Gasteiger partial charge is 0.303 e. The Kier molecular flexibility index (Phi) is 6.11. The maximum Gasteiger partial charge on any atom is 0.103 e. The molecule has 1 rings (SSSR count). The Balaban J connectivity index is 2.32. The maximum atomic E-state index is 9.12. The molecule has 0 aromatic rings. The zero-order chi connectivity index (χ0) is 13.6. The van der Waals surface area contributed by atoms with Crippen LogP contribution < -0.4 is 5.32 Å². The Morgan fingerprint density at radius 1 is 1.39 bits per heavy atom. The summed E-state index contributed by atoms with van der Waals surface area (Å²) in [6.45, 7) is 5.47. The van der Waals surface area contributed by atoms with E-state index in [0.717, 1.165) is 31.3 Å². The van der Waals surface area contributed by atoms with E-state index in [1.807, 2.05) is 14.0 Å². The predicted molar refractivity (Wildman–Crippen MR) is 76.4 cm³/mol. The van der Waals surface area contributed by atoms with Gasteiger partial charge < -0.3 is 10.2 Å². The van der Waals surface area contributed by atoms with Crippen molar-refractivity contribution in [2.24, 2.45) is 5.92 Å². The van der Waals surface area contributed by atoms with Crippen molar-refractivity contribution in [2.45, 2.75) is 64.0 Å². The van der Waals surface area contributed by atoms with Gasteiger partial charge in [-0.25, -0.2) is 0 Å². The van der Waals surface area contributed by atoms with E-state index >= 15 is 0 Å². The molecule has 0 spiro atoms. The first-order chi connectivity index (χ1) is 8.52. The Hall–Kier alpha value is -0.590.